The van der Waals surface area contributed by atoms with E-state index in [9.17, 15) is 4.79 Å². The van der Waals surface area contributed by atoms with Gasteiger partial charge in [-0.3, -0.25) is 4.79 Å². The summed E-state index contributed by atoms with van der Waals surface area (Å²) in [5.41, 5.74) is 0. The van der Waals surface area contributed by atoms with E-state index in [1.54, 1.807) is 0 Å². The zero-order valence-corrected chi connectivity index (χ0v) is 14.6. The molecule has 0 saturated heterocycles. The molecule has 2 aliphatic carbocycles. The van der Waals surface area contributed by atoms with E-state index >= 15 is 0 Å². The van der Waals surface area contributed by atoms with Crippen molar-refractivity contribution in [1.29, 1.82) is 0 Å². The van der Waals surface area contributed by atoms with Crippen molar-refractivity contribution < 1.29 is 4.79 Å². The summed E-state index contributed by atoms with van der Waals surface area (Å²) >= 11 is 2.19. The summed E-state index contributed by atoms with van der Waals surface area (Å²) in [4.78, 5) is 11.7. The van der Waals surface area contributed by atoms with Crippen molar-refractivity contribution in [2.75, 3.05) is 11.5 Å². The highest BCUT2D eigenvalue weighted by Crippen LogP contribution is 2.27. The molecule has 122 valence electrons. The largest absolute Gasteiger partial charge is 0.299 e. The molecule has 0 aliphatic heterocycles. The highest BCUT2D eigenvalue weighted by Gasteiger charge is 2.21. The van der Waals surface area contributed by atoms with Crippen LogP contribution in [0.25, 0.3) is 0 Å². The summed E-state index contributed by atoms with van der Waals surface area (Å²) in [6.07, 6.45) is 18.4. The first-order chi connectivity index (χ1) is 10.4. The number of carbonyl (C=O) groups excluding carboxylic acids is 1. The van der Waals surface area contributed by atoms with Crippen molar-refractivity contribution in [2.24, 2.45) is 11.8 Å². The van der Waals surface area contributed by atoms with Crippen LogP contribution in [0.2, 0.25) is 0 Å². The first kappa shape index (κ1) is 17.4. The standard InChI is InChI=1S/C19H34OS/c20-19-14-8-7-13-18(19)12-6-1-2-9-15-21-16-17-10-4-3-5-11-17/h17-18H,1-16H2. The van der Waals surface area contributed by atoms with Gasteiger partial charge in [-0.05, 0) is 55.9 Å². The second-order valence-corrected chi connectivity index (χ2v) is 8.34. The Kier molecular flexibility index (Phi) is 8.85. The second-order valence-electron chi connectivity index (χ2n) is 7.19. The van der Waals surface area contributed by atoms with Crippen LogP contribution in [0, 0.1) is 11.8 Å². The Balaban J connectivity index is 1.37. The van der Waals surface area contributed by atoms with Crippen LogP contribution in [-0.2, 0) is 4.79 Å². The number of ketones is 1. The van der Waals surface area contributed by atoms with Gasteiger partial charge in [0.1, 0.15) is 5.78 Å². The first-order valence-electron chi connectivity index (χ1n) is 9.46. The molecule has 0 aromatic carbocycles. The maximum atomic E-state index is 11.7. The molecule has 2 saturated carbocycles. The predicted octanol–water partition coefficient (Wildman–Crippen LogP) is 6.01. The van der Waals surface area contributed by atoms with E-state index in [0.29, 0.717) is 11.7 Å². The molecule has 2 rings (SSSR count). The number of hydrogen-bond donors (Lipinski definition) is 0. The van der Waals surface area contributed by atoms with Gasteiger partial charge in [-0.2, -0.15) is 11.8 Å². The maximum Gasteiger partial charge on any atom is 0.135 e. The van der Waals surface area contributed by atoms with E-state index < -0.39 is 0 Å². The Morgan fingerprint density at radius 2 is 1.62 bits per heavy atom. The third-order valence-corrected chi connectivity index (χ3v) is 6.64. The van der Waals surface area contributed by atoms with Gasteiger partial charge in [0.2, 0.25) is 0 Å². The molecule has 2 aliphatic rings. The lowest BCUT2D eigenvalue weighted by molar-refractivity contribution is -0.124. The monoisotopic (exact) mass is 310 g/mol. The summed E-state index contributed by atoms with van der Waals surface area (Å²) in [6.45, 7) is 0. The van der Waals surface area contributed by atoms with Crippen LogP contribution < -0.4 is 0 Å². The fourth-order valence-corrected chi connectivity index (χ4v) is 5.15. The van der Waals surface area contributed by atoms with Crippen LogP contribution in [0.5, 0.6) is 0 Å². The molecule has 1 atom stereocenters. The van der Waals surface area contributed by atoms with Crippen molar-refractivity contribution in [3.8, 4) is 0 Å². The average molecular weight is 311 g/mol. The molecule has 2 fully saturated rings. The normalized spacial score (nSPS) is 24.4. The summed E-state index contributed by atoms with van der Waals surface area (Å²) in [5, 5.41) is 0. The summed E-state index contributed by atoms with van der Waals surface area (Å²) < 4.78 is 0. The summed E-state index contributed by atoms with van der Waals surface area (Å²) in [5.74, 6) is 4.79. The van der Waals surface area contributed by atoms with Crippen LogP contribution in [0.3, 0.4) is 0 Å². The maximum absolute atomic E-state index is 11.7. The quantitative estimate of drug-likeness (QED) is 0.485. The Hall–Kier alpha value is 0.0200. The highest BCUT2D eigenvalue weighted by atomic mass is 32.2. The van der Waals surface area contributed by atoms with E-state index in [2.05, 4.69) is 11.8 Å². The van der Waals surface area contributed by atoms with Gasteiger partial charge in [0, 0.05) is 12.3 Å². The van der Waals surface area contributed by atoms with Crippen molar-refractivity contribution >= 4 is 17.5 Å². The lowest BCUT2D eigenvalue weighted by Crippen LogP contribution is -2.18. The average Bonchev–Trinajstić information content (AvgIpc) is 2.52. The number of Topliss-reactive ketones (excluding diaryl/α,β-unsaturated/α-hetero) is 1. The summed E-state index contributed by atoms with van der Waals surface area (Å²) in [7, 11) is 0. The number of hydrogen-bond acceptors (Lipinski definition) is 2. The topological polar surface area (TPSA) is 17.1 Å². The van der Waals surface area contributed by atoms with Gasteiger partial charge in [-0.15, -0.1) is 0 Å². The van der Waals surface area contributed by atoms with Crippen molar-refractivity contribution in [1.82, 2.24) is 0 Å². The fourth-order valence-electron chi connectivity index (χ4n) is 3.91. The minimum absolute atomic E-state index is 0.430. The molecule has 0 spiro atoms. The Labute approximate surface area is 136 Å². The molecule has 0 aromatic rings. The van der Waals surface area contributed by atoms with Crippen LogP contribution in [-0.4, -0.2) is 17.3 Å². The van der Waals surface area contributed by atoms with Crippen molar-refractivity contribution in [2.45, 2.75) is 89.9 Å². The van der Waals surface area contributed by atoms with Gasteiger partial charge >= 0.3 is 0 Å². The van der Waals surface area contributed by atoms with Crippen molar-refractivity contribution in [3.05, 3.63) is 0 Å². The smallest absolute Gasteiger partial charge is 0.135 e. The van der Waals surface area contributed by atoms with Gasteiger partial charge in [0.15, 0.2) is 0 Å². The molecule has 0 bridgehead atoms. The Bertz CT molecular complexity index is 283. The lowest BCUT2D eigenvalue weighted by atomic mass is 9.84. The van der Waals surface area contributed by atoms with E-state index in [1.165, 1.54) is 88.6 Å². The molecule has 0 heterocycles. The van der Waals surface area contributed by atoms with Gasteiger partial charge in [0.25, 0.3) is 0 Å². The molecule has 0 aromatic heterocycles. The van der Waals surface area contributed by atoms with Gasteiger partial charge in [0.05, 0.1) is 0 Å². The van der Waals surface area contributed by atoms with Crippen LogP contribution in [0.15, 0.2) is 0 Å². The van der Waals surface area contributed by atoms with Gasteiger partial charge in [-0.1, -0.05) is 44.9 Å². The van der Waals surface area contributed by atoms with Crippen molar-refractivity contribution in [3.63, 3.8) is 0 Å². The molecule has 21 heavy (non-hydrogen) atoms. The zero-order valence-electron chi connectivity index (χ0n) is 13.8. The highest BCUT2D eigenvalue weighted by molar-refractivity contribution is 7.99. The molecule has 0 N–H and O–H groups in total. The SMILES string of the molecule is O=C1CCCCC1CCCCCCSCC1CCCCC1. The first-order valence-corrected chi connectivity index (χ1v) is 10.6. The fraction of sp³-hybridized carbons (Fsp3) is 0.947. The van der Waals surface area contributed by atoms with Gasteiger partial charge in [-0.25, -0.2) is 0 Å². The minimum Gasteiger partial charge on any atom is -0.299 e. The zero-order chi connectivity index (χ0) is 14.8. The number of carbonyl (C=O) groups is 1. The lowest BCUT2D eigenvalue weighted by Gasteiger charge is -2.21. The number of unbranched alkanes of at least 4 members (excludes halogenated alkanes) is 3. The van der Waals surface area contributed by atoms with E-state index in [0.717, 1.165) is 18.8 Å². The van der Waals surface area contributed by atoms with E-state index in [1.807, 2.05) is 0 Å². The third-order valence-electron chi connectivity index (χ3n) is 5.35. The number of thioether (sulfide) groups is 1. The second kappa shape index (κ2) is 10.7. The minimum atomic E-state index is 0.430. The molecule has 0 amide bonds. The Morgan fingerprint density at radius 1 is 0.857 bits per heavy atom. The van der Waals surface area contributed by atoms with Crippen LogP contribution in [0.4, 0.5) is 0 Å². The molecular weight excluding hydrogens is 276 g/mol. The van der Waals surface area contributed by atoms with Crippen LogP contribution >= 0.6 is 11.8 Å². The molecule has 0 radical (unpaired) electrons. The molecule has 2 heteroatoms. The number of rotatable bonds is 9. The molecule has 1 nitrogen and oxygen atoms in total. The molecule has 1 unspecified atom stereocenters. The van der Waals surface area contributed by atoms with Crippen LogP contribution in [0.1, 0.15) is 89.9 Å². The molecular formula is C19H34OS. The third kappa shape index (κ3) is 7.21. The van der Waals surface area contributed by atoms with Gasteiger partial charge < -0.3 is 0 Å². The van der Waals surface area contributed by atoms with E-state index in [-0.39, 0.29) is 0 Å². The summed E-state index contributed by atoms with van der Waals surface area (Å²) in [6, 6.07) is 0. The predicted molar refractivity (Wildman–Crippen MR) is 94.0 cm³/mol. The van der Waals surface area contributed by atoms with E-state index in [4.69, 9.17) is 0 Å². The Morgan fingerprint density at radius 3 is 2.43 bits per heavy atom.